The predicted molar refractivity (Wildman–Crippen MR) is 65.0 cm³/mol. The maximum absolute atomic E-state index is 5.75. The highest BCUT2D eigenvalue weighted by Crippen LogP contribution is 2.31. The Hall–Kier alpha value is -0.960. The first-order valence-electron chi connectivity index (χ1n) is 4.47. The van der Waals surface area contributed by atoms with E-state index in [0.29, 0.717) is 6.54 Å². The van der Waals surface area contributed by atoms with E-state index in [1.165, 1.54) is 23.3 Å². The molecule has 0 bridgehead atoms. The zero-order valence-corrected chi connectivity index (χ0v) is 10.5. The van der Waals surface area contributed by atoms with Crippen LogP contribution in [0.5, 0.6) is 0 Å². The average molecular weight is 269 g/mol. The van der Waals surface area contributed by atoms with Gasteiger partial charge >= 0.3 is 0 Å². The van der Waals surface area contributed by atoms with Crippen LogP contribution in [0.15, 0.2) is 27.3 Å². The number of thiazole rings is 1. The van der Waals surface area contributed by atoms with E-state index in [4.69, 9.17) is 5.73 Å². The Balaban J connectivity index is 2.05. The van der Waals surface area contributed by atoms with Gasteiger partial charge in [-0.1, -0.05) is 0 Å². The Kier molecular flexibility index (Phi) is 2.64. The van der Waals surface area contributed by atoms with Crippen molar-refractivity contribution in [1.29, 1.82) is 0 Å². The molecule has 16 heavy (non-hydrogen) atoms. The molecule has 0 aromatic carbocycles. The highest BCUT2D eigenvalue weighted by Gasteiger charge is 2.14. The van der Waals surface area contributed by atoms with Gasteiger partial charge in [0.25, 0.3) is 0 Å². The van der Waals surface area contributed by atoms with E-state index in [1.807, 2.05) is 16.0 Å². The largest absolute Gasteiger partial charge is 0.325 e. The average Bonchev–Trinajstić information content (AvgIpc) is 2.93. The van der Waals surface area contributed by atoms with Gasteiger partial charge in [0.1, 0.15) is 11.4 Å². The van der Waals surface area contributed by atoms with Crippen molar-refractivity contribution in [2.75, 3.05) is 0 Å². The molecule has 2 N–H and O–H groups in total. The quantitative estimate of drug-likeness (QED) is 0.786. The standard InChI is InChI=1S/C8H7N5S3/c9-3-5-6(15-8-10-4-11-16-8)12-7-13(5)1-2-14-7/h1-2,4H,3,9H2. The first-order valence-corrected chi connectivity index (χ1v) is 6.94. The Morgan fingerprint density at radius 2 is 2.44 bits per heavy atom. The van der Waals surface area contributed by atoms with Crippen molar-refractivity contribution in [2.45, 2.75) is 15.9 Å². The lowest BCUT2D eigenvalue weighted by Crippen LogP contribution is -2.00. The molecule has 0 aliphatic rings. The highest BCUT2D eigenvalue weighted by molar-refractivity contribution is 8.00. The van der Waals surface area contributed by atoms with Gasteiger partial charge in [-0.3, -0.25) is 4.40 Å². The molecule has 5 nitrogen and oxygen atoms in total. The lowest BCUT2D eigenvalue weighted by atomic mass is 10.5. The number of fused-ring (bicyclic) bond motifs is 1. The fourth-order valence-electron chi connectivity index (χ4n) is 1.37. The molecule has 0 saturated heterocycles. The molecule has 0 atom stereocenters. The lowest BCUT2D eigenvalue weighted by Gasteiger charge is -1.97. The van der Waals surface area contributed by atoms with Crippen LogP contribution >= 0.6 is 34.6 Å². The summed E-state index contributed by atoms with van der Waals surface area (Å²) in [5, 5.41) is 2.92. The Bertz CT molecular complexity index is 596. The minimum Gasteiger partial charge on any atom is -0.325 e. The third-order valence-corrected chi connectivity index (χ3v) is 4.53. The monoisotopic (exact) mass is 269 g/mol. The van der Waals surface area contributed by atoms with E-state index < -0.39 is 0 Å². The van der Waals surface area contributed by atoms with Crippen LogP contribution < -0.4 is 5.73 Å². The normalized spacial score (nSPS) is 11.3. The van der Waals surface area contributed by atoms with Gasteiger partial charge in [0.2, 0.25) is 0 Å². The summed E-state index contributed by atoms with van der Waals surface area (Å²) in [6.45, 7) is 0.471. The molecule has 3 heterocycles. The number of hydrogen-bond acceptors (Lipinski definition) is 7. The molecule has 0 unspecified atom stereocenters. The van der Waals surface area contributed by atoms with Gasteiger partial charge in [-0.15, -0.1) is 11.3 Å². The molecule has 82 valence electrons. The Morgan fingerprint density at radius 1 is 1.50 bits per heavy atom. The van der Waals surface area contributed by atoms with Gasteiger partial charge in [0, 0.05) is 18.1 Å². The molecule has 0 aliphatic carbocycles. The van der Waals surface area contributed by atoms with Crippen molar-refractivity contribution in [3.63, 3.8) is 0 Å². The topological polar surface area (TPSA) is 69.1 Å². The van der Waals surface area contributed by atoms with Gasteiger partial charge in [-0.25, -0.2) is 9.97 Å². The number of rotatable bonds is 3. The number of hydrogen-bond donors (Lipinski definition) is 1. The Labute approximate surface area is 104 Å². The first kappa shape index (κ1) is 10.2. The van der Waals surface area contributed by atoms with Crippen LogP contribution in [-0.2, 0) is 6.54 Å². The van der Waals surface area contributed by atoms with Crippen LogP contribution in [0.1, 0.15) is 5.69 Å². The molecule has 0 saturated carbocycles. The van der Waals surface area contributed by atoms with Gasteiger partial charge in [0.05, 0.1) is 5.69 Å². The van der Waals surface area contributed by atoms with Gasteiger partial charge in [-0.05, 0) is 23.3 Å². The highest BCUT2D eigenvalue weighted by atomic mass is 32.2. The van der Waals surface area contributed by atoms with Gasteiger partial charge in [-0.2, -0.15) is 4.37 Å². The summed E-state index contributed by atoms with van der Waals surface area (Å²) in [6.07, 6.45) is 3.53. The SMILES string of the molecule is NCc1c(Sc2ncns2)nc2sccn12. The van der Waals surface area contributed by atoms with Crippen molar-refractivity contribution in [3.8, 4) is 0 Å². The van der Waals surface area contributed by atoms with Crippen molar-refractivity contribution in [2.24, 2.45) is 5.73 Å². The van der Waals surface area contributed by atoms with Crippen LogP contribution in [-0.4, -0.2) is 18.7 Å². The van der Waals surface area contributed by atoms with Crippen molar-refractivity contribution >= 4 is 39.6 Å². The molecule has 3 aromatic rings. The van der Waals surface area contributed by atoms with Gasteiger partial charge < -0.3 is 5.73 Å². The number of imidazole rings is 1. The number of nitrogens with two attached hydrogens (primary N) is 1. The third kappa shape index (κ3) is 1.63. The molecule has 0 fully saturated rings. The summed E-state index contributed by atoms with van der Waals surface area (Å²) in [4.78, 5) is 9.61. The summed E-state index contributed by atoms with van der Waals surface area (Å²) in [7, 11) is 0. The molecule has 0 amide bonds. The van der Waals surface area contributed by atoms with Crippen LogP contribution in [0.3, 0.4) is 0 Å². The fraction of sp³-hybridized carbons (Fsp3) is 0.125. The minimum atomic E-state index is 0.471. The van der Waals surface area contributed by atoms with E-state index in [0.717, 1.165) is 20.0 Å². The fourth-order valence-corrected chi connectivity index (χ4v) is 3.65. The van der Waals surface area contributed by atoms with Crippen molar-refractivity contribution in [1.82, 2.24) is 18.7 Å². The smallest absolute Gasteiger partial charge is 0.194 e. The van der Waals surface area contributed by atoms with E-state index in [-0.39, 0.29) is 0 Å². The third-order valence-electron chi connectivity index (χ3n) is 2.04. The predicted octanol–water partition coefficient (Wildman–Crippen LogP) is 1.86. The van der Waals surface area contributed by atoms with Crippen LogP contribution in [0, 0.1) is 0 Å². The number of aromatic nitrogens is 4. The number of nitrogens with zero attached hydrogens (tertiary/aromatic N) is 4. The maximum Gasteiger partial charge on any atom is 0.194 e. The minimum absolute atomic E-state index is 0.471. The van der Waals surface area contributed by atoms with E-state index in [1.54, 1.807) is 17.7 Å². The lowest BCUT2D eigenvalue weighted by molar-refractivity contribution is 0.924. The first-order chi connectivity index (χ1) is 7.88. The molecule has 0 radical (unpaired) electrons. The summed E-state index contributed by atoms with van der Waals surface area (Å²) >= 11 is 4.48. The summed E-state index contributed by atoms with van der Waals surface area (Å²) < 4.78 is 6.87. The summed E-state index contributed by atoms with van der Waals surface area (Å²) in [6, 6.07) is 0. The zero-order valence-electron chi connectivity index (χ0n) is 8.03. The molecule has 3 aromatic heterocycles. The summed E-state index contributed by atoms with van der Waals surface area (Å²) in [5.74, 6) is 0. The van der Waals surface area contributed by atoms with E-state index in [2.05, 4.69) is 14.3 Å². The van der Waals surface area contributed by atoms with Crippen LogP contribution in [0.25, 0.3) is 4.96 Å². The molecule has 8 heteroatoms. The second kappa shape index (κ2) is 4.13. The maximum atomic E-state index is 5.75. The summed E-state index contributed by atoms with van der Waals surface area (Å²) in [5.41, 5.74) is 6.77. The van der Waals surface area contributed by atoms with Crippen LogP contribution in [0.2, 0.25) is 0 Å². The molecule has 0 aliphatic heterocycles. The zero-order chi connectivity index (χ0) is 11.0. The second-order valence-corrected chi connectivity index (χ2v) is 5.82. The molecular weight excluding hydrogens is 262 g/mol. The van der Waals surface area contributed by atoms with Crippen molar-refractivity contribution in [3.05, 3.63) is 23.6 Å². The van der Waals surface area contributed by atoms with Crippen molar-refractivity contribution < 1.29 is 0 Å². The molecular formula is C8H7N5S3. The van der Waals surface area contributed by atoms with Gasteiger partial charge in [0.15, 0.2) is 9.30 Å². The van der Waals surface area contributed by atoms with Crippen LogP contribution in [0.4, 0.5) is 0 Å². The Morgan fingerprint density at radius 3 is 3.19 bits per heavy atom. The second-order valence-electron chi connectivity index (χ2n) is 2.93. The molecule has 0 spiro atoms. The molecule has 3 rings (SSSR count). The van der Waals surface area contributed by atoms with E-state index >= 15 is 0 Å². The van der Waals surface area contributed by atoms with E-state index in [9.17, 15) is 0 Å².